The molecule has 0 unspecified atom stereocenters. The Bertz CT molecular complexity index is 616. The van der Waals surface area contributed by atoms with Crippen LogP contribution in [0.3, 0.4) is 0 Å². The van der Waals surface area contributed by atoms with E-state index in [4.69, 9.17) is 0 Å². The fourth-order valence-electron chi connectivity index (χ4n) is 1.95. The molecule has 0 bridgehead atoms. The van der Waals surface area contributed by atoms with Gasteiger partial charge in [0.05, 0.1) is 0 Å². The second-order valence-corrected chi connectivity index (χ2v) is 4.92. The maximum absolute atomic E-state index is 3.21. The Kier molecular flexibility index (Phi) is 5.21. The largest absolute Gasteiger partial charge is 0.0917 e. The van der Waals surface area contributed by atoms with Gasteiger partial charge in [0.15, 0.2) is 0 Å². The lowest BCUT2D eigenvalue weighted by molar-refractivity contribution is 0.999. The minimum absolute atomic E-state index is 1.06. The van der Waals surface area contributed by atoms with Crippen molar-refractivity contribution in [3.05, 3.63) is 82.9 Å². The highest BCUT2D eigenvalue weighted by atomic mass is 14.0. The monoisotopic (exact) mass is 260 g/mol. The summed E-state index contributed by atoms with van der Waals surface area (Å²) in [7, 11) is 0. The van der Waals surface area contributed by atoms with Crippen LogP contribution in [0.4, 0.5) is 0 Å². The minimum Gasteiger partial charge on any atom is -0.0917 e. The van der Waals surface area contributed by atoms with Crippen molar-refractivity contribution >= 4 is 0 Å². The molecular weight excluding hydrogens is 240 g/mol. The Hall–Kier alpha value is -2.26. The average molecular weight is 260 g/mol. The number of allylic oxidation sites excluding steroid dienone is 2. The Balaban J connectivity index is 2.02. The maximum atomic E-state index is 3.21. The van der Waals surface area contributed by atoms with Crippen molar-refractivity contribution in [2.24, 2.45) is 0 Å². The van der Waals surface area contributed by atoms with Crippen LogP contribution in [0.25, 0.3) is 0 Å². The van der Waals surface area contributed by atoms with Gasteiger partial charge in [-0.1, -0.05) is 53.8 Å². The highest BCUT2D eigenvalue weighted by Gasteiger charge is 1.92. The summed E-state index contributed by atoms with van der Waals surface area (Å²) in [6.45, 7) is 4.15. The molecule has 0 saturated carbocycles. The first-order valence-corrected chi connectivity index (χ1v) is 7.07. The summed E-state index contributed by atoms with van der Waals surface area (Å²) < 4.78 is 0. The molecule has 2 aromatic rings. The van der Waals surface area contributed by atoms with Crippen LogP contribution in [0.5, 0.6) is 0 Å². The van der Waals surface area contributed by atoms with Crippen LogP contribution in [-0.4, -0.2) is 0 Å². The first kappa shape index (κ1) is 14.2. The van der Waals surface area contributed by atoms with E-state index in [1.54, 1.807) is 0 Å². The molecule has 0 atom stereocenters. The lowest BCUT2D eigenvalue weighted by Gasteiger charge is -1.98. The molecule has 0 spiro atoms. The standard InChI is InChI=1S/C20H20/c1-3-4-5-6-18-11-13-20(14-12-18)16-15-19-9-7-17(2)8-10-19/h3-4,7-14H,5-6H2,1-2H3. The molecule has 0 aromatic heterocycles. The van der Waals surface area contributed by atoms with E-state index in [1.165, 1.54) is 11.1 Å². The summed E-state index contributed by atoms with van der Waals surface area (Å²) in [5.74, 6) is 6.41. The molecule has 2 rings (SSSR count). The molecule has 0 N–H and O–H groups in total. The van der Waals surface area contributed by atoms with Crippen molar-refractivity contribution in [2.45, 2.75) is 26.7 Å². The molecule has 0 aliphatic carbocycles. The zero-order chi connectivity index (χ0) is 14.2. The van der Waals surface area contributed by atoms with E-state index in [1.807, 2.05) is 0 Å². The topological polar surface area (TPSA) is 0 Å². The van der Waals surface area contributed by atoms with E-state index < -0.39 is 0 Å². The second kappa shape index (κ2) is 7.36. The van der Waals surface area contributed by atoms with Gasteiger partial charge >= 0.3 is 0 Å². The number of benzene rings is 2. The van der Waals surface area contributed by atoms with Gasteiger partial charge in [0.1, 0.15) is 0 Å². The van der Waals surface area contributed by atoms with Crippen LogP contribution in [0, 0.1) is 18.8 Å². The van der Waals surface area contributed by atoms with Gasteiger partial charge in [-0.25, -0.2) is 0 Å². The highest BCUT2D eigenvalue weighted by molar-refractivity contribution is 5.43. The molecule has 20 heavy (non-hydrogen) atoms. The molecular formula is C20H20. The predicted octanol–water partition coefficient (Wildman–Crippen LogP) is 4.90. The summed E-state index contributed by atoms with van der Waals surface area (Å²) in [5, 5.41) is 0. The van der Waals surface area contributed by atoms with Crippen LogP contribution < -0.4 is 0 Å². The number of hydrogen-bond donors (Lipinski definition) is 0. The third-order valence-electron chi connectivity index (χ3n) is 3.19. The third-order valence-corrected chi connectivity index (χ3v) is 3.19. The van der Waals surface area contributed by atoms with Gasteiger partial charge in [0, 0.05) is 11.1 Å². The van der Waals surface area contributed by atoms with E-state index in [0.29, 0.717) is 0 Å². The van der Waals surface area contributed by atoms with E-state index >= 15 is 0 Å². The SMILES string of the molecule is CC=CCCc1ccc(C#Cc2ccc(C)cc2)cc1. The molecule has 0 aliphatic heterocycles. The van der Waals surface area contributed by atoms with Gasteiger partial charge in [-0.3, -0.25) is 0 Å². The molecule has 0 amide bonds. The lowest BCUT2D eigenvalue weighted by Crippen LogP contribution is -1.84. The Labute approximate surface area is 122 Å². The number of rotatable bonds is 3. The summed E-state index contributed by atoms with van der Waals surface area (Å²) >= 11 is 0. The van der Waals surface area contributed by atoms with Crippen LogP contribution in [0.15, 0.2) is 60.7 Å². The van der Waals surface area contributed by atoms with Gasteiger partial charge in [-0.15, -0.1) is 0 Å². The molecule has 0 nitrogen and oxygen atoms in total. The summed E-state index contributed by atoms with van der Waals surface area (Å²) in [4.78, 5) is 0. The summed E-state index contributed by atoms with van der Waals surface area (Å²) in [5.41, 5.74) is 4.76. The van der Waals surface area contributed by atoms with Crippen molar-refractivity contribution in [3.63, 3.8) is 0 Å². The van der Waals surface area contributed by atoms with Crippen LogP contribution in [0.2, 0.25) is 0 Å². The zero-order valence-electron chi connectivity index (χ0n) is 12.2. The van der Waals surface area contributed by atoms with Crippen LogP contribution >= 0.6 is 0 Å². The van der Waals surface area contributed by atoms with Gasteiger partial charge in [-0.2, -0.15) is 0 Å². The third kappa shape index (κ3) is 4.44. The van der Waals surface area contributed by atoms with Crippen molar-refractivity contribution in [1.82, 2.24) is 0 Å². The molecule has 0 heteroatoms. The first-order chi connectivity index (χ1) is 9.78. The van der Waals surface area contributed by atoms with E-state index in [2.05, 4.69) is 86.4 Å². The van der Waals surface area contributed by atoms with E-state index in [0.717, 1.165) is 24.0 Å². The quantitative estimate of drug-likeness (QED) is 0.543. The summed E-state index contributed by atoms with van der Waals surface area (Å²) in [6, 6.07) is 16.9. The second-order valence-electron chi connectivity index (χ2n) is 4.92. The highest BCUT2D eigenvalue weighted by Crippen LogP contribution is 2.07. The fourth-order valence-corrected chi connectivity index (χ4v) is 1.95. The predicted molar refractivity (Wildman–Crippen MR) is 86.7 cm³/mol. The van der Waals surface area contributed by atoms with E-state index in [-0.39, 0.29) is 0 Å². The smallest absolute Gasteiger partial charge is 0.0249 e. The van der Waals surface area contributed by atoms with Crippen molar-refractivity contribution in [3.8, 4) is 11.8 Å². The minimum atomic E-state index is 1.06. The van der Waals surface area contributed by atoms with Gasteiger partial charge in [0.2, 0.25) is 0 Å². The number of aryl methyl sites for hydroxylation is 2. The molecule has 100 valence electrons. The van der Waals surface area contributed by atoms with Gasteiger partial charge in [0.25, 0.3) is 0 Å². The first-order valence-electron chi connectivity index (χ1n) is 7.07. The Morgan fingerprint density at radius 2 is 1.40 bits per heavy atom. The summed E-state index contributed by atoms with van der Waals surface area (Å²) in [6.07, 6.45) is 6.49. The molecule has 0 fully saturated rings. The van der Waals surface area contributed by atoms with Gasteiger partial charge < -0.3 is 0 Å². The molecule has 0 heterocycles. The normalized spacial score (nSPS) is 10.3. The maximum Gasteiger partial charge on any atom is 0.0249 e. The van der Waals surface area contributed by atoms with Crippen LogP contribution in [-0.2, 0) is 6.42 Å². The van der Waals surface area contributed by atoms with Gasteiger partial charge in [-0.05, 0) is 56.5 Å². The van der Waals surface area contributed by atoms with Crippen molar-refractivity contribution in [2.75, 3.05) is 0 Å². The van der Waals surface area contributed by atoms with Crippen molar-refractivity contribution < 1.29 is 0 Å². The molecule has 0 radical (unpaired) electrons. The number of hydrogen-bond acceptors (Lipinski definition) is 0. The van der Waals surface area contributed by atoms with Crippen molar-refractivity contribution in [1.29, 1.82) is 0 Å². The lowest BCUT2D eigenvalue weighted by atomic mass is 10.1. The fraction of sp³-hybridized carbons (Fsp3) is 0.200. The Morgan fingerprint density at radius 1 is 0.850 bits per heavy atom. The average Bonchev–Trinajstić information content (AvgIpc) is 2.48. The Morgan fingerprint density at radius 3 is 1.95 bits per heavy atom. The van der Waals surface area contributed by atoms with Crippen LogP contribution in [0.1, 0.15) is 35.6 Å². The zero-order valence-corrected chi connectivity index (χ0v) is 12.2. The molecule has 0 aliphatic rings. The molecule has 0 saturated heterocycles. The van der Waals surface area contributed by atoms with E-state index in [9.17, 15) is 0 Å². The molecule has 2 aromatic carbocycles.